The van der Waals surface area contributed by atoms with Crippen molar-refractivity contribution in [3.8, 4) is 0 Å². The molecule has 2 rings (SSSR count). The third kappa shape index (κ3) is 1.42. The second-order valence-corrected chi connectivity index (χ2v) is 5.73. The molecule has 74 valence electrons. The minimum Gasteiger partial charge on any atom is -0.244 e. The lowest BCUT2D eigenvalue weighted by Crippen LogP contribution is -2.11. The van der Waals surface area contributed by atoms with Crippen LogP contribution in [0.15, 0.2) is 12.5 Å². The molecule has 0 unspecified atom stereocenters. The molecule has 0 N–H and O–H groups in total. The summed E-state index contributed by atoms with van der Waals surface area (Å²) >= 11 is 1.75. The first-order valence-electron chi connectivity index (χ1n) is 4.70. The average molecular weight is 206 g/mol. The normalized spacial score (nSPS) is 12.3. The summed E-state index contributed by atoms with van der Waals surface area (Å²) in [5, 5.41) is 1.21. The van der Waals surface area contributed by atoms with Gasteiger partial charge in [0.15, 0.2) is 0 Å². The largest absolute Gasteiger partial charge is 0.244 e. The Morgan fingerprint density at radius 1 is 1.29 bits per heavy atom. The first kappa shape index (κ1) is 9.59. The fourth-order valence-corrected chi connectivity index (χ4v) is 3.06. The number of nitrogens with zero attached hydrogens (tertiary/aromatic N) is 2. The summed E-state index contributed by atoms with van der Waals surface area (Å²) in [5.41, 5.74) is 1.56. The smallest absolute Gasteiger partial charge is 0.127 e. The predicted molar refractivity (Wildman–Crippen MR) is 60.9 cm³/mol. The molecule has 0 bridgehead atoms. The fraction of sp³-hybridized carbons (Fsp3) is 0.455. The monoisotopic (exact) mass is 206 g/mol. The Hall–Kier alpha value is -0.960. The zero-order valence-corrected chi connectivity index (χ0v) is 9.77. The molecule has 2 aromatic heterocycles. The van der Waals surface area contributed by atoms with Crippen molar-refractivity contribution in [3.05, 3.63) is 23.0 Å². The molecule has 0 spiro atoms. The highest BCUT2D eigenvalue weighted by molar-refractivity contribution is 7.18. The van der Waals surface area contributed by atoms with E-state index in [0.717, 1.165) is 4.83 Å². The quantitative estimate of drug-likeness (QED) is 0.661. The molecule has 0 atom stereocenters. The zero-order chi connectivity index (χ0) is 10.3. The molecular formula is C11H14N2S. The van der Waals surface area contributed by atoms with Gasteiger partial charge in [0.1, 0.15) is 11.2 Å². The van der Waals surface area contributed by atoms with Gasteiger partial charge in [-0.05, 0) is 17.9 Å². The van der Waals surface area contributed by atoms with Crippen LogP contribution in [0.3, 0.4) is 0 Å². The Labute approximate surface area is 88.0 Å². The summed E-state index contributed by atoms with van der Waals surface area (Å²) in [4.78, 5) is 10.8. The highest BCUT2D eigenvalue weighted by Crippen LogP contribution is 2.36. The minimum atomic E-state index is 0.174. The second-order valence-electron chi connectivity index (χ2n) is 4.52. The van der Waals surface area contributed by atoms with Crippen LogP contribution in [-0.4, -0.2) is 9.97 Å². The van der Waals surface area contributed by atoms with E-state index in [0.29, 0.717) is 0 Å². The molecule has 0 radical (unpaired) electrons. The summed E-state index contributed by atoms with van der Waals surface area (Å²) in [5.74, 6) is 0. The topological polar surface area (TPSA) is 25.8 Å². The van der Waals surface area contributed by atoms with E-state index in [1.54, 1.807) is 17.7 Å². The van der Waals surface area contributed by atoms with Crippen molar-refractivity contribution in [1.82, 2.24) is 9.97 Å². The number of hydrogen-bond donors (Lipinski definition) is 0. The van der Waals surface area contributed by atoms with Crippen LogP contribution in [-0.2, 0) is 5.41 Å². The van der Waals surface area contributed by atoms with Gasteiger partial charge in [-0.25, -0.2) is 9.97 Å². The van der Waals surface area contributed by atoms with Crippen molar-refractivity contribution in [2.45, 2.75) is 33.1 Å². The lowest BCUT2D eigenvalue weighted by atomic mass is 9.86. The Morgan fingerprint density at radius 2 is 2.00 bits per heavy atom. The van der Waals surface area contributed by atoms with E-state index in [1.807, 2.05) is 6.20 Å². The summed E-state index contributed by atoms with van der Waals surface area (Å²) < 4.78 is 0. The van der Waals surface area contributed by atoms with Gasteiger partial charge in [-0.3, -0.25) is 0 Å². The Morgan fingerprint density at radius 3 is 2.64 bits per heavy atom. The molecule has 0 saturated heterocycles. The molecule has 14 heavy (non-hydrogen) atoms. The van der Waals surface area contributed by atoms with E-state index >= 15 is 0 Å². The number of aryl methyl sites for hydroxylation is 1. The summed E-state index contributed by atoms with van der Waals surface area (Å²) in [6.07, 6.45) is 3.54. The van der Waals surface area contributed by atoms with Crippen LogP contribution in [0.2, 0.25) is 0 Å². The van der Waals surface area contributed by atoms with Gasteiger partial charge in [-0.15, -0.1) is 11.3 Å². The molecule has 0 aliphatic carbocycles. The third-order valence-corrected chi connectivity index (χ3v) is 3.33. The zero-order valence-electron chi connectivity index (χ0n) is 8.96. The molecule has 0 aromatic carbocycles. The van der Waals surface area contributed by atoms with Crippen molar-refractivity contribution >= 4 is 21.6 Å². The summed E-state index contributed by atoms with van der Waals surface area (Å²) in [7, 11) is 0. The van der Waals surface area contributed by atoms with Crippen molar-refractivity contribution in [2.75, 3.05) is 0 Å². The molecule has 0 aliphatic heterocycles. The molecule has 0 fully saturated rings. The first-order valence-corrected chi connectivity index (χ1v) is 5.51. The van der Waals surface area contributed by atoms with Gasteiger partial charge in [-0.2, -0.15) is 0 Å². The molecule has 2 aromatic rings. The molecule has 0 saturated carbocycles. The second kappa shape index (κ2) is 3.02. The van der Waals surface area contributed by atoms with Crippen molar-refractivity contribution in [3.63, 3.8) is 0 Å². The van der Waals surface area contributed by atoms with E-state index in [2.05, 4.69) is 37.7 Å². The van der Waals surface area contributed by atoms with E-state index < -0.39 is 0 Å². The highest BCUT2D eigenvalue weighted by atomic mass is 32.1. The van der Waals surface area contributed by atoms with Gasteiger partial charge in [0.05, 0.1) is 0 Å². The van der Waals surface area contributed by atoms with Crippen LogP contribution < -0.4 is 0 Å². The van der Waals surface area contributed by atoms with E-state index in [1.165, 1.54) is 15.8 Å². The first-order chi connectivity index (χ1) is 6.50. The van der Waals surface area contributed by atoms with Gasteiger partial charge >= 0.3 is 0 Å². The maximum atomic E-state index is 4.28. The van der Waals surface area contributed by atoms with Crippen molar-refractivity contribution in [2.24, 2.45) is 0 Å². The lowest BCUT2D eigenvalue weighted by Gasteiger charge is -2.18. The summed E-state index contributed by atoms with van der Waals surface area (Å²) in [6, 6.07) is 0. The van der Waals surface area contributed by atoms with Crippen LogP contribution in [0.4, 0.5) is 0 Å². The number of hydrogen-bond acceptors (Lipinski definition) is 3. The highest BCUT2D eigenvalue weighted by Gasteiger charge is 2.21. The number of aromatic nitrogens is 2. The van der Waals surface area contributed by atoms with Crippen molar-refractivity contribution < 1.29 is 0 Å². The van der Waals surface area contributed by atoms with Gasteiger partial charge in [-0.1, -0.05) is 20.8 Å². The predicted octanol–water partition coefficient (Wildman–Crippen LogP) is 3.30. The Kier molecular flexibility index (Phi) is 2.07. The number of thiophene rings is 1. The molecule has 0 amide bonds. The molecule has 3 heteroatoms. The van der Waals surface area contributed by atoms with Crippen molar-refractivity contribution in [1.29, 1.82) is 0 Å². The average Bonchev–Trinajstić information content (AvgIpc) is 2.38. The minimum absolute atomic E-state index is 0.174. The maximum Gasteiger partial charge on any atom is 0.127 e. The number of fused-ring (bicyclic) bond motifs is 1. The van der Waals surface area contributed by atoms with Gasteiger partial charge < -0.3 is 0 Å². The molecule has 0 aliphatic rings. The Bertz CT molecular complexity index is 466. The molecule has 2 nitrogen and oxygen atoms in total. The number of rotatable bonds is 0. The van der Waals surface area contributed by atoms with Crippen LogP contribution >= 0.6 is 11.3 Å². The molecule has 2 heterocycles. The van der Waals surface area contributed by atoms with Crippen LogP contribution in [0.25, 0.3) is 10.2 Å². The van der Waals surface area contributed by atoms with E-state index in [-0.39, 0.29) is 5.41 Å². The summed E-state index contributed by atoms with van der Waals surface area (Å²) in [6.45, 7) is 8.85. The van der Waals surface area contributed by atoms with Crippen LogP contribution in [0.5, 0.6) is 0 Å². The van der Waals surface area contributed by atoms with Gasteiger partial charge in [0.2, 0.25) is 0 Å². The van der Waals surface area contributed by atoms with Gasteiger partial charge in [0, 0.05) is 16.5 Å². The van der Waals surface area contributed by atoms with Crippen LogP contribution in [0, 0.1) is 6.92 Å². The Balaban J connectivity index is 2.81. The SMILES string of the molecule is Cc1sc2ncncc2c1C(C)(C)C. The van der Waals surface area contributed by atoms with Crippen LogP contribution in [0.1, 0.15) is 31.2 Å². The standard InChI is InChI=1S/C11H14N2S/c1-7-9(11(2,3)4)8-5-12-6-13-10(8)14-7/h5-6H,1-4H3. The third-order valence-electron chi connectivity index (χ3n) is 2.30. The maximum absolute atomic E-state index is 4.28. The lowest BCUT2D eigenvalue weighted by molar-refractivity contribution is 0.594. The van der Waals surface area contributed by atoms with E-state index in [4.69, 9.17) is 0 Å². The van der Waals surface area contributed by atoms with E-state index in [9.17, 15) is 0 Å². The molecular weight excluding hydrogens is 192 g/mol. The fourth-order valence-electron chi connectivity index (χ4n) is 1.89. The van der Waals surface area contributed by atoms with Gasteiger partial charge in [0.25, 0.3) is 0 Å².